The number of aliphatic hydroxyl groups excluding tert-OH is 1. The molecule has 0 radical (unpaired) electrons. The average molecular weight is 497 g/mol. The number of primary amides is 1. The van der Waals surface area contributed by atoms with Gasteiger partial charge in [-0.3, -0.25) is 9.69 Å². The minimum Gasteiger partial charge on any atom is -0.492 e. The predicted octanol–water partition coefficient (Wildman–Crippen LogP) is 2.90. The first-order valence-electron chi connectivity index (χ1n) is 12.2. The van der Waals surface area contributed by atoms with E-state index in [1.165, 1.54) is 0 Å². The largest absolute Gasteiger partial charge is 0.492 e. The van der Waals surface area contributed by atoms with Crippen LogP contribution in [0.2, 0.25) is 0 Å². The Bertz CT molecular complexity index is 1010. The van der Waals surface area contributed by atoms with Crippen molar-refractivity contribution in [2.24, 2.45) is 11.7 Å². The van der Waals surface area contributed by atoms with E-state index in [9.17, 15) is 15.0 Å². The molecule has 8 nitrogen and oxygen atoms in total. The predicted molar refractivity (Wildman–Crippen MR) is 138 cm³/mol. The Morgan fingerprint density at radius 3 is 2.25 bits per heavy atom. The van der Waals surface area contributed by atoms with Gasteiger partial charge in [0.25, 0.3) is 5.91 Å². The molecule has 2 aromatic carbocycles. The number of benzene rings is 2. The number of carbonyl (C=O) groups is 1. The zero-order chi connectivity index (χ0) is 26.0. The van der Waals surface area contributed by atoms with Crippen LogP contribution in [-0.2, 0) is 4.79 Å². The summed E-state index contributed by atoms with van der Waals surface area (Å²) in [6.07, 6.45) is 7.40. The average Bonchev–Trinajstić information content (AvgIpc) is 2.89. The number of rotatable bonds is 14. The lowest BCUT2D eigenvalue weighted by Crippen LogP contribution is -2.60. The minimum atomic E-state index is -1.29. The lowest BCUT2D eigenvalue weighted by Gasteiger charge is -2.46. The summed E-state index contributed by atoms with van der Waals surface area (Å²) < 4.78 is 17.0. The van der Waals surface area contributed by atoms with Crippen LogP contribution < -0.4 is 19.9 Å². The van der Waals surface area contributed by atoms with Crippen molar-refractivity contribution >= 4 is 5.91 Å². The van der Waals surface area contributed by atoms with Gasteiger partial charge in [0.05, 0.1) is 0 Å². The van der Waals surface area contributed by atoms with Gasteiger partial charge in [0.1, 0.15) is 42.3 Å². The number of allylic oxidation sites excluding steroid dienone is 2. The maximum Gasteiger partial charge on any atom is 0.255 e. The first kappa shape index (κ1) is 27.3. The van der Waals surface area contributed by atoms with Gasteiger partial charge in [0.2, 0.25) is 0 Å². The molecule has 0 bridgehead atoms. The molecule has 0 saturated heterocycles. The van der Waals surface area contributed by atoms with Crippen LogP contribution in [0.3, 0.4) is 0 Å². The van der Waals surface area contributed by atoms with Gasteiger partial charge in [-0.25, -0.2) is 0 Å². The van der Waals surface area contributed by atoms with Crippen LogP contribution in [0.4, 0.5) is 0 Å². The Morgan fingerprint density at radius 1 is 1.00 bits per heavy atom. The van der Waals surface area contributed by atoms with Gasteiger partial charge in [-0.05, 0) is 55.8 Å². The van der Waals surface area contributed by atoms with Gasteiger partial charge < -0.3 is 30.2 Å². The number of para-hydroxylation sites is 1. The molecular formula is C28H36N2O6. The molecule has 1 aliphatic rings. The zero-order valence-corrected chi connectivity index (χ0v) is 20.8. The maximum absolute atomic E-state index is 11.8. The molecule has 1 unspecified atom stereocenters. The third-order valence-corrected chi connectivity index (χ3v) is 6.06. The highest BCUT2D eigenvalue weighted by Crippen LogP contribution is 2.33. The summed E-state index contributed by atoms with van der Waals surface area (Å²) in [6, 6.07) is 15.9. The highest BCUT2D eigenvalue weighted by Gasteiger charge is 2.42. The van der Waals surface area contributed by atoms with Crippen LogP contribution in [0, 0.1) is 5.92 Å². The molecule has 0 fully saturated rings. The molecule has 1 amide bonds. The fraction of sp³-hybridized carbons (Fsp3) is 0.393. The maximum atomic E-state index is 11.8. The van der Waals surface area contributed by atoms with Crippen LogP contribution in [-0.4, -0.2) is 65.3 Å². The van der Waals surface area contributed by atoms with E-state index in [1.807, 2.05) is 67.3 Å². The Kier molecular flexibility index (Phi) is 9.93. The number of amides is 1. The van der Waals surface area contributed by atoms with Gasteiger partial charge in [-0.15, -0.1) is 0 Å². The zero-order valence-electron chi connectivity index (χ0n) is 20.8. The molecule has 36 heavy (non-hydrogen) atoms. The third kappa shape index (κ3) is 7.58. The van der Waals surface area contributed by atoms with Gasteiger partial charge in [0.15, 0.2) is 6.61 Å². The second kappa shape index (κ2) is 13.1. The summed E-state index contributed by atoms with van der Waals surface area (Å²) >= 11 is 0. The van der Waals surface area contributed by atoms with Gasteiger partial charge in [0, 0.05) is 18.5 Å². The number of nitrogens with two attached hydrogens (primary N) is 1. The summed E-state index contributed by atoms with van der Waals surface area (Å²) in [6.45, 7) is 4.32. The second-order valence-electron chi connectivity index (χ2n) is 8.86. The van der Waals surface area contributed by atoms with Crippen LogP contribution >= 0.6 is 0 Å². The quantitative estimate of drug-likeness (QED) is 0.345. The molecule has 0 saturated carbocycles. The second-order valence-corrected chi connectivity index (χ2v) is 8.86. The molecule has 2 aromatic rings. The Labute approximate surface area is 212 Å². The van der Waals surface area contributed by atoms with E-state index in [0.29, 0.717) is 17.2 Å². The fourth-order valence-electron chi connectivity index (χ4n) is 4.17. The topological polar surface area (TPSA) is 114 Å². The van der Waals surface area contributed by atoms with Gasteiger partial charge in [-0.1, -0.05) is 43.4 Å². The fourth-order valence-corrected chi connectivity index (χ4v) is 4.17. The summed E-state index contributed by atoms with van der Waals surface area (Å²) in [7, 11) is 0. The minimum absolute atomic E-state index is 0.0906. The lowest BCUT2D eigenvalue weighted by atomic mass is 9.86. The highest BCUT2D eigenvalue weighted by atomic mass is 16.5. The summed E-state index contributed by atoms with van der Waals surface area (Å²) in [5, 5.41) is 22.6. The van der Waals surface area contributed by atoms with E-state index in [0.717, 1.165) is 6.42 Å². The molecule has 0 spiro atoms. The Hall–Kier alpha value is -3.33. The van der Waals surface area contributed by atoms with Crippen molar-refractivity contribution < 1.29 is 29.2 Å². The van der Waals surface area contributed by atoms with Crippen molar-refractivity contribution in [1.29, 1.82) is 0 Å². The highest BCUT2D eigenvalue weighted by molar-refractivity contribution is 5.75. The van der Waals surface area contributed by atoms with Gasteiger partial charge >= 0.3 is 0 Å². The molecule has 0 heterocycles. The van der Waals surface area contributed by atoms with Crippen LogP contribution in [0.1, 0.15) is 20.3 Å². The van der Waals surface area contributed by atoms with Crippen LogP contribution in [0.5, 0.6) is 17.2 Å². The smallest absolute Gasteiger partial charge is 0.255 e. The van der Waals surface area contributed by atoms with E-state index >= 15 is 0 Å². The number of nitrogens with zero attached hydrogens (tertiary/aromatic N) is 1. The summed E-state index contributed by atoms with van der Waals surface area (Å²) in [4.78, 5) is 12.8. The van der Waals surface area contributed by atoms with Crippen molar-refractivity contribution in [3.05, 3.63) is 78.9 Å². The van der Waals surface area contributed by atoms with Crippen molar-refractivity contribution in [2.75, 3.05) is 26.4 Å². The molecule has 4 N–H and O–H groups in total. The summed E-state index contributed by atoms with van der Waals surface area (Å²) in [5.41, 5.74) is 3.82. The molecule has 0 aliphatic heterocycles. The molecule has 0 aromatic heterocycles. The SMILES string of the molecule is CC[C@@H]1C=CC=CC1(O)N(C[C@H](O)COc1ccccc1)[C@H](C)COc1ccc(OCC(N)=O)cc1. The summed E-state index contributed by atoms with van der Waals surface area (Å²) in [5.74, 6) is 1.11. The number of aliphatic hydroxyl groups is 2. The van der Waals surface area contributed by atoms with E-state index < -0.39 is 17.7 Å². The number of hydrogen-bond acceptors (Lipinski definition) is 7. The van der Waals surface area contributed by atoms with Crippen molar-refractivity contribution in [2.45, 2.75) is 38.1 Å². The molecule has 3 rings (SSSR count). The van der Waals surface area contributed by atoms with E-state index in [-0.39, 0.29) is 38.3 Å². The molecule has 4 atom stereocenters. The number of ether oxygens (including phenoxy) is 3. The van der Waals surface area contributed by atoms with E-state index in [1.54, 1.807) is 30.3 Å². The van der Waals surface area contributed by atoms with Crippen LogP contribution in [0.15, 0.2) is 78.9 Å². The first-order chi connectivity index (χ1) is 17.3. The third-order valence-electron chi connectivity index (χ3n) is 6.06. The monoisotopic (exact) mass is 496 g/mol. The Morgan fingerprint density at radius 2 is 1.61 bits per heavy atom. The van der Waals surface area contributed by atoms with E-state index in [4.69, 9.17) is 19.9 Å². The molecular weight excluding hydrogens is 460 g/mol. The Balaban J connectivity index is 1.67. The number of hydrogen-bond donors (Lipinski definition) is 3. The first-order valence-corrected chi connectivity index (χ1v) is 12.2. The molecule has 194 valence electrons. The van der Waals surface area contributed by atoms with Crippen molar-refractivity contribution in [3.63, 3.8) is 0 Å². The molecule has 1 aliphatic carbocycles. The molecule has 8 heteroatoms. The van der Waals surface area contributed by atoms with Crippen LogP contribution in [0.25, 0.3) is 0 Å². The van der Waals surface area contributed by atoms with E-state index in [2.05, 4.69) is 0 Å². The normalized spacial score (nSPS) is 20.6. The van der Waals surface area contributed by atoms with Gasteiger partial charge in [-0.2, -0.15) is 0 Å². The van der Waals surface area contributed by atoms with Crippen molar-refractivity contribution in [1.82, 2.24) is 4.90 Å². The lowest BCUT2D eigenvalue weighted by molar-refractivity contribution is -0.137. The number of carbonyl (C=O) groups excluding carboxylic acids is 1. The van der Waals surface area contributed by atoms with Crippen molar-refractivity contribution in [3.8, 4) is 17.2 Å². The standard InChI is InChI=1S/C28H36N2O6/c1-3-22-9-7-8-16-28(22,33)30(17-23(31)19-35-24-10-5-4-6-11-24)21(2)18-34-25-12-14-26(15-13-25)36-20-27(29)32/h4-16,21-23,31,33H,3,17-20H2,1-2H3,(H2,29,32)/t21-,22-,23+,28?/m1/s1.